The quantitative estimate of drug-likeness (QED) is 0.676. The molecule has 3 rings (SSSR count). The Morgan fingerprint density at radius 1 is 1.16 bits per heavy atom. The first-order chi connectivity index (χ1) is 12.0. The highest BCUT2D eigenvalue weighted by Gasteiger charge is 2.13. The van der Waals surface area contributed by atoms with Crippen LogP contribution < -0.4 is 15.4 Å². The van der Waals surface area contributed by atoms with Crippen LogP contribution in [0.5, 0.6) is 5.75 Å². The zero-order chi connectivity index (χ0) is 17.8. The van der Waals surface area contributed by atoms with Crippen LogP contribution in [0.25, 0.3) is 11.0 Å². The highest BCUT2D eigenvalue weighted by Crippen LogP contribution is 2.25. The van der Waals surface area contributed by atoms with Crippen molar-refractivity contribution in [2.75, 3.05) is 5.32 Å². The van der Waals surface area contributed by atoms with E-state index in [0.717, 1.165) is 11.7 Å². The molecule has 0 aliphatic carbocycles. The van der Waals surface area contributed by atoms with Gasteiger partial charge in [0, 0.05) is 5.56 Å². The lowest BCUT2D eigenvalue weighted by molar-refractivity contribution is -0.0493. The number of hydrogen-bond acceptors (Lipinski definition) is 6. The molecule has 6 nitrogen and oxygen atoms in total. The third-order valence-corrected chi connectivity index (χ3v) is 3.86. The van der Waals surface area contributed by atoms with Crippen molar-refractivity contribution in [3.63, 3.8) is 0 Å². The maximum Gasteiger partial charge on any atom is 0.387 e. The van der Waals surface area contributed by atoms with Gasteiger partial charge in [-0.1, -0.05) is 12.1 Å². The van der Waals surface area contributed by atoms with Crippen molar-refractivity contribution in [1.82, 2.24) is 14.1 Å². The van der Waals surface area contributed by atoms with Gasteiger partial charge < -0.3 is 10.1 Å². The van der Waals surface area contributed by atoms with Crippen LogP contribution >= 0.6 is 23.9 Å². The summed E-state index contributed by atoms with van der Waals surface area (Å²) in [6.45, 7) is -2.97. The summed E-state index contributed by atoms with van der Waals surface area (Å²) in [5.41, 5.74) is 1.86. The van der Waals surface area contributed by atoms with Gasteiger partial charge >= 0.3 is 6.61 Å². The summed E-state index contributed by atoms with van der Waals surface area (Å²) < 4.78 is 37.3. The van der Waals surface area contributed by atoms with Crippen molar-refractivity contribution < 1.29 is 18.3 Å². The molecule has 128 valence electrons. The third-order valence-electron chi connectivity index (χ3n) is 3.09. The van der Waals surface area contributed by atoms with E-state index in [1.54, 1.807) is 30.3 Å². The number of para-hydroxylation sites is 2. The van der Waals surface area contributed by atoms with Crippen LogP contribution in [-0.4, -0.2) is 26.4 Å². The number of halogens is 2. The zero-order valence-corrected chi connectivity index (χ0v) is 14.0. The highest BCUT2D eigenvalue weighted by molar-refractivity contribution is 7.80. The number of thiocarbonyl (C=S) groups is 1. The van der Waals surface area contributed by atoms with Gasteiger partial charge in [0.15, 0.2) is 5.11 Å². The molecule has 2 N–H and O–H groups in total. The van der Waals surface area contributed by atoms with E-state index in [1.807, 2.05) is 0 Å². The fourth-order valence-corrected chi connectivity index (χ4v) is 2.74. The molecule has 0 saturated heterocycles. The number of ether oxygens (including phenoxy) is 1. The Labute approximate surface area is 150 Å². The summed E-state index contributed by atoms with van der Waals surface area (Å²) in [6.07, 6.45) is 0. The van der Waals surface area contributed by atoms with Crippen molar-refractivity contribution in [2.24, 2.45) is 0 Å². The predicted octanol–water partition coefficient (Wildman–Crippen LogP) is 3.42. The fourth-order valence-electron chi connectivity index (χ4n) is 2.02. The van der Waals surface area contributed by atoms with Gasteiger partial charge in [-0.3, -0.25) is 10.1 Å². The van der Waals surface area contributed by atoms with Crippen LogP contribution in [0.3, 0.4) is 0 Å². The Bertz CT molecular complexity index is 933. The summed E-state index contributed by atoms with van der Waals surface area (Å²) in [6, 6.07) is 10.9. The van der Waals surface area contributed by atoms with E-state index < -0.39 is 12.5 Å². The van der Waals surface area contributed by atoms with Gasteiger partial charge in [-0.2, -0.15) is 17.5 Å². The number of nitrogens with zero attached hydrogens (tertiary/aromatic N) is 2. The van der Waals surface area contributed by atoms with E-state index in [-0.39, 0.29) is 16.5 Å². The average Bonchev–Trinajstić information content (AvgIpc) is 3.03. The maximum absolute atomic E-state index is 12.4. The lowest BCUT2D eigenvalue weighted by atomic mass is 10.2. The van der Waals surface area contributed by atoms with E-state index in [9.17, 15) is 13.6 Å². The smallest absolute Gasteiger partial charge is 0.387 e. The van der Waals surface area contributed by atoms with Gasteiger partial charge in [-0.05, 0) is 42.5 Å². The second-order valence-electron chi connectivity index (χ2n) is 4.75. The number of benzene rings is 2. The number of alkyl halides is 2. The van der Waals surface area contributed by atoms with Gasteiger partial charge in [0.1, 0.15) is 16.8 Å². The second-order valence-corrected chi connectivity index (χ2v) is 5.69. The standard InChI is InChI=1S/C15H10F2N4O2S2/c16-14(17)23-12-4-2-1-3-10(12)18-15(24)19-13(22)8-5-6-9-11(7-8)21-25-20-9/h1-7,14H,(H2,18,19,22,24). The Balaban J connectivity index is 1.69. The van der Waals surface area contributed by atoms with Gasteiger partial charge in [0.2, 0.25) is 0 Å². The molecule has 10 heteroatoms. The monoisotopic (exact) mass is 380 g/mol. The van der Waals surface area contributed by atoms with Crippen molar-refractivity contribution in [3.05, 3.63) is 48.0 Å². The summed E-state index contributed by atoms with van der Waals surface area (Å²) in [7, 11) is 0. The Morgan fingerprint density at radius 2 is 1.92 bits per heavy atom. The van der Waals surface area contributed by atoms with E-state index in [2.05, 4.69) is 24.1 Å². The predicted molar refractivity (Wildman–Crippen MR) is 94.2 cm³/mol. The molecule has 0 spiro atoms. The molecule has 0 aliphatic heterocycles. The molecule has 1 heterocycles. The van der Waals surface area contributed by atoms with E-state index >= 15 is 0 Å². The summed E-state index contributed by atoms with van der Waals surface area (Å²) in [5.74, 6) is -0.538. The van der Waals surface area contributed by atoms with E-state index in [0.29, 0.717) is 16.6 Å². The number of nitrogens with one attached hydrogen (secondary N) is 2. The highest BCUT2D eigenvalue weighted by atomic mass is 32.1. The largest absolute Gasteiger partial charge is 0.433 e. The average molecular weight is 380 g/mol. The van der Waals surface area contributed by atoms with E-state index in [4.69, 9.17) is 12.2 Å². The van der Waals surface area contributed by atoms with E-state index in [1.165, 1.54) is 12.1 Å². The minimum atomic E-state index is -2.97. The van der Waals surface area contributed by atoms with Gasteiger partial charge in [0.25, 0.3) is 5.91 Å². The van der Waals surface area contributed by atoms with Crippen LogP contribution in [0.2, 0.25) is 0 Å². The number of anilines is 1. The minimum absolute atomic E-state index is 0.0492. The minimum Gasteiger partial charge on any atom is -0.433 e. The number of carbonyl (C=O) groups excluding carboxylic acids is 1. The molecule has 1 aromatic heterocycles. The molecule has 25 heavy (non-hydrogen) atoms. The first kappa shape index (κ1) is 17.1. The molecule has 0 radical (unpaired) electrons. The van der Waals surface area contributed by atoms with Crippen molar-refractivity contribution in [2.45, 2.75) is 6.61 Å². The molecule has 0 atom stereocenters. The number of amides is 1. The molecular weight excluding hydrogens is 370 g/mol. The van der Waals surface area contributed by atoms with Gasteiger partial charge in [-0.25, -0.2) is 0 Å². The van der Waals surface area contributed by atoms with Gasteiger partial charge in [0.05, 0.1) is 17.4 Å². The maximum atomic E-state index is 12.4. The normalized spacial score (nSPS) is 10.7. The third kappa shape index (κ3) is 4.22. The molecular formula is C15H10F2N4O2S2. The number of hydrogen-bond donors (Lipinski definition) is 2. The number of carbonyl (C=O) groups is 1. The molecule has 3 aromatic rings. The fraction of sp³-hybridized carbons (Fsp3) is 0.0667. The Morgan fingerprint density at radius 3 is 2.72 bits per heavy atom. The van der Waals surface area contributed by atoms with Crippen molar-refractivity contribution >= 4 is 51.7 Å². The van der Waals surface area contributed by atoms with Crippen LogP contribution in [0.15, 0.2) is 42.5 Å². The number of fused-ring (bicyclic) bond motifs is 1. The molecule has 0 saturated carbocycles. The first-order valence-corrected chi connectivity index (χ1v) is 8.05. The van der Waals surface area contributed by atoms with Crippen molar-refractivity contribution in [1.29, 1.82) is 0 Å². The number of rotatable bonds is 4. The van der Waals surface area contributed by atoms with Gasteiger partial charge in [-0.15, -0.1) is 0 Å². The van der Waals surface area contributed by atoms with Crippen LogP contribution in [0.1, 0.15) is 10.4 Å². The lowest BCUT2D eigenvalue weighted by Crippen LogP contribution is -2.34. The summed E-state index contributed by atoms with van der Waals surface area (Å²) in [4.78, 5) is 12.2. The zero-order valence-electron chi connectivity index (χ0n) is 12.4. The SMILES string of the molecule is O=C(NC(=S)Nc1ccccc1OC(F)F)c1ccc2nsnc2c1. The molecule has 0 fully saturated rings. The molecule has 2 aromatic carbocycles. The first-order valence-electron chi connectivity index (χ1n) is 6.91. The van der Waals surface area contributed by atoms with Crippen LogP contribution in [0, 0.1) is 0 Å². The van der Waals surface area contributed by atoms with Crippen molar-refractivity contribution in [3.8, 4) is 5.75 Å². The molecule has 0 bridgehead atoms. The number of aromatic nitrogens is 2. The molecule has 0 aliphatic rings. The molecule has 1 amide bonds. The topological polar surface area (TPSA) is 76.1 Å². The summed E-state index contributed by atoms with van der Waals surface area (Å²) in [5, 5.41) is 5.09. The lowest BCUT2D eigenvalue weighted by Gasteiger charge is -2.13. The second kappa shape index (κ2) is 7.45. The van der Waals surface area contributed by atoms with Crippen LogP contribution in [0.4, 0.5) is 14.5 Å². The Kier molecular flexibility index (Phi) is 5.10. The molecule has 0 unspecified atom stereocenters. The van der Waals surface area contributed by atoms with Crippen LogP contribution in [-0.2, 0) is 0 Å². The Hall–Kier alpha value is -2.72. The summed E-state index contributed by atoms with van der Waals surface area (Å²) >= 11 is 6.10.